The lowest BCUT2D eigenvalue weighted by Gasteiger charge is -2.21. The lowest BCUT2D eigenvalue weighted by atomic mass is 9.90. The molecular formula is C26H33ClF3N3O7S. The smallest absolute Gasteiger partial charge is 0.421 e. The van der Waals surface area contributed by atoms with Crippen molar-refractivity contribution in [1.82, 2.24) is 14.4 Å². The van der Waals surface area contributed by atoms with Crippen LogP contribution >= 0.6 is 11.6 Å². The van der Waals surface area contributed by atoms with Crippen molar-refractivity contribution in [2.24, 2.45) is 5.92 Å². The van der Waals surface area contributed by atoms with Crippen LogP contribution < -0.4 is 18.9 Å². The van der Waals surface area contributed by atoms with Gasteiger partial charge in [0.15, 0.2) is 0 Å². The second kappa shape index (κ2) is 15.4. The zero-order valence-corrected chi connectivity index (χ0v) is 24.0. The quantitative estimate of drug-likeness (QED) is 0.259. The van der Waals surface area contributed by atoms with Crippen LogP contribution in [0, 0.1) is 5.92 Å². The third-order valence-corrected chi connectivity index (χ3v) is 7.52. The Labute approximate surface area is 242 Å². The number of rotatable bonds is 14. The number of amides is 1. The molecule has 0 radical (unpaired) electrons. The van der Waals surface area contributed by atoms with Gasteiger partial charge in [-0.15, -0.1) is 0 Å². The maximum atomic E-state index is 13.0. The molecule has 10 nitrogen and oxygen atoms in total. The highest BCUT2D eigenvalue weighted by molar-refractivity contribution is 7.88. The van der Waals surface area contributed by atoms with Crippen LogP contribution in [-0.4, -0.2) is 53.0 Å². The van der Waals surface area contributed by atoms with E-state index in [-0.39, 0.29) is 48.7 Å². The van der Waals surface area contributed by atoms with Crippen LogP contribution in [0.4, 0.5) is 18.0 Å². The van der Waals surface area contributed by atoms with E-state index >= 15 is 0 Å². The summed E-state index contributed by atoms with van der Waals surface area (Å²) in [5, 5.41) is -0.338. The molecule has 1 saturated carbocycles. The molecule has 0 unspecified atom stereocenters. The fraction of sp³-hybridized carbons (Fsp3) is 0.538. The molecule has 3 rings (SSSR count). The fourth-order valence-corrected chi connectivity index (χ4v) is 5.16. The van der Waals surface area contributed by atoms with Gasteiger partial charge in [0.25, 0.3) is 0 Å². The predicted molar refractivity (Wildman–Crippen MR) is 144 cm³/mol. The zero-order valence-electron chi connectivity index (χ0n) is 22.5. The molecule has 0 saturated heterocycles. The summed E-state index contributed by atoms with van der Waals surface area (Å²) in [5.74, 6) is 0.632. The van der Waals surface area contributed by atoms with E-state index in [1.54, 1.807) is 12.1 Å². The number of carbonyl (C=O) groups excluding carboxylic acids is 1. The Hall–Kier alpha value is -2.81. The Balaban J connectivity index is 1.57. The van der Waals surface area contributed by atoms with E-state index in [1.165, 1.54) is 13.2 Å². The first kappa shape index (κ1) is 32.7. The average Bonchev–Trinajstić information content (AvgIpc) is 2.92. The first-order chi connectivity index (χ1) is 19.5. The van der Waals surface area contributed by atoms with Crippen molar-refractivity contribution in [3.63, 3.8) is 0 Å². The van der Waals surface area contributed by atoms with Crippen molar-refractivity contribution in [2.75, 3.05) is 33.5 Å². The number of nitrogens with zero attached hydrogens (tertiary/aromatic N) is 1. The Bertz CT molecular complexity index is 1260. The molecule has 1 aromatic carbocycles. The third-order valence-electron chi connectivity index (χ3n) is 6.26. The molecule has 15 heteroatoms. The van der Waals surface area contributed by atoms with Crippen LogP contribution in [0.5, 0.6) is 17.4 Å². The van der Waals surface area contributed by atoms with Crippen LogP contribution in [-0.2, 0) is 32.3 Å². The number of hydrogen-bond donors (Lipinski definition) is 2. The normalized spacial score (nSPS) is 14.5. The van der Waals surface area contributed by atoms with E-state index in [0.29, 0.717) is 36.6 Å². The topological polar surface area (TPSA) is 125 Å². The average molecular weight is 624 g/mol. The van der Waals surface area contributed by atoms with Gasteiger partial charge < -0.3 is 18.9 Å². The predicted octanol–water partition coefficient (Wildman–Crippen LogP) is 5.64. The molecule has 0 aliphatic heterocycles. The summed E-state index contributed by atoms with van der Waals surface area (Å²) < 4.78 is 88.8. The van der Waals surface area contributed by atoms with Gasteiger partial charge in [-0.1, -0.05) is 36.9 Å². The molecule has 0 spiro atoms. The Kier molecular flexibility index (Phi) is 12.3. The van der Waals surface area contributed by atoms with Gasteiger partial charge in [0.2, 0.25) is 5.88 Å². The molecule has 0 atom stereocenters. The van der Waals surface area contributed by atoms with Crippen molar-refractivity contribution in [3.8, 4) is 17.4 Å². The number of nitrogens with one attached hydrogen (secondary N) is 2. The summed E-state index contributed by atoms with van der Waals surface area (Å²) in [4.78, 5) is 15.7. The highest BCUT2D eigenvalue weighted by Crippen LogP contribution is 2.36. The fourth-order valence-electron chi connectivity index (χ4n) is 4.15. The number of methoxy groups -OCH3 is 1. The van der Waals surface area contributed by atoms with Gasteiger partial charge in [-0.3, -0.25) is 0 Å². The van der Waals surface area contributed by atoms with Crippen LogP contribution in [0.3, 0.4) is 0 Å². The maximum absolute atomic E-state index is 13.0. The Morgan fingerprint density at radius 3 is 2.56 bits per heavy atom. The highest BCUT2D eigenvalue weighted by Gasteiger charge is 2.32. The van der Waals surface area contributed by atoms with Gasteiger partial charge in [0.1, 0.15) is 23.1 Å². The van der Waals surface area contributed by atoms with Gasteiger partial charge in [0, 0.05) is 25.9 Å². The molecule has 1 fully saturated rings. The second-order valence-electron chi connectivity index (χ2n) is 9.42. The number of halogens is 4. The molecule has 2 aromatic rings. The Morgan fingerprint density at radius 1 is 1.12 bits per heavy atom. The van der Waals surface area contributed by atoms with Gasteiger partial charge >= 0.3 is 22.5 Å². The minimum Gasteiger partial charge on any atom is -0.491 e. The molecule has 228 valence electrons. The van der Waals surface area contributed by atoms with Crippen LogP contribution in [0.1, 0.15) is 49.7 Å². The van der Waals surface area contributed by atoms with Gasteiger partial charge in [-0.2, -0.15) is 26.3 Å². The molecule has 2 N–H and O–H groups in total. The van der Waals surface area contributed by atoms with Crippen molar-refractivity contribution in [3.05, 3.63) is 46.6 Å². The van der Waals surface area contributed by atoms with Crippen molar-refractivity contribution in [2.45, 2.75) is 51.1 Å². The number of aryl methyl sites for hydroxylation is 1. The first-order valence-electron chi connectivity index (χ1n) is 13.1. The molecule has 41 heavy (non-hydrogen) atoms. The largest absolute Gasteiger partial charge is 0.491 e. The van der Waals surface area contributed by atoms with Crippen LogP contribution in [0.2, 0.25) is 5.02 Å². The van der Waals surface area contributed by atoms with E-state index in [0.717, 1.165) is 32.1 Å². The maximum Gasteiger partial charge on any atom is 0.421 e. The van der Waals surface area contributed by atoms with E-state index in [1.807, 2.05) is 4.72 Å². The number of pyridine rings is 1. The van der Waals surface area contributed by atoms with Crippen molar-refractivity contribution in [1.29, 1.82) is 0 Å². The molecule has 0 bridgehead atoms. The minimum atomic E-state index is -4.62. The molecule has 1 aliphatic carbocycles. The number of carbonyl (C=O) groups is 1. The lowest BCUT2D eigenvalue weighted by molar-refractivity contribution is -0.137. The van der Waals surface area contributed by atoms with E-state index in [2.05, 4.69) is 9.71 Å². The number of alkyl halides is 3. The summed E-state index contributed by atoms with van der Waals surface area (Å²) >= 11 is 6.01. The van der Waals surface area contributed by atoms with Crippen molar-refractivity contribution >= 4 is 27.9 Å². The third kappa shape index (κ3) is 11.2. The zero-order chi connectivity index (χ0) is 29.9. The number of benzene rings is 1. The molecular weight excluding hydrogens is 591 g/mol. The summed E-state index contributed by atoms with van der Waals surface area (Å²) in [6.45, 7) is 0.717. The van der Waals surface area contributed by atoms with E-state index in [9.17, 15) is 26.4 Å². The summed E-state index contributed by atoms with van der Waals surface area (Å²) in [7, 11) is -2.53. The van der Waals surface area contributed by atoms with E-state index in [4.69, 9.17) is 30.5 Å². The van der Waals surface area contributed by atoms with Gasteiger partial charge in [-0.05, 0) is 49.3 Å². The standard InChI is InChI=1S/C26H33ClF3N3O7S/c1-37-12-13-38-21-10-9-19(23(15-21)40-24-22(27)14-20(17-31-24)26(28,29)30)8-5-11-39-25(34)33-41(35,36)32-16-18-6-3-2-4-7-18/h9-10,14-15,17-18,32H,2-8,11-13,16H2,1H3,(H,33,34). The highest BCUT2D eigenvalue weighted by atomic mass is 35.5. The van der Waals surface area contributed by atoms with Gasteiger partial charge in [0.05, 0.1) is 18.8 Å². The number of hydrogen-bond acceptors (Lipinski definition) is 8. The lowest BCUT2D eigenvalue weighted by Crippen LogP contribution is -2.42. The minimum absolute atomic E-state index is 0.116. The molecule has 1 amide bonds. The van der Waals surface area contributed by atoms with Crippen LogP contribution in [0.15, 0.2) is 30.5 Å². The number of ether oxygens (including phenoxy) is 4. The van der Waals surface area contributed by atoms with Crippen LogP contribution in [0.25, 0.3) is 0 Å². The van der Waals surface area contributed by atoms with Gasteiger partial charge in [-0.25, -0.2) is 14.5 Å². The second-order valence-corrected chi connectivity index (χ2v) is 11.3. The first-order valence-corrected chi connectivity index (χ1v) is 14.9. The monoisotopic (exact) mass is 623 g/mol. The molecule has 1 heterocycles. The number of aromatic nitrogens is 1. The SMILES string of the molecule is COCCOc1ccc(CCCOC(=O)NS(=O)(=O)NCC2CCCCC2)c(Oc2ncc(C(F)(F)F)cc2Cl)c1. The summed E-state index contributed by atoms with van der Waals surface area (Å²) in [6.07, 6.45) is 0.617. The Morgan fingerprint density at radius 2 is 1.88 bits per heavy atom. The van der Waals surface area contributed by atoms with Crippen molar-refractivity contribution < 1.29 is 45.3 Å². The molecule has 1 aromatic heterocycles. The summed E-state index contributed by atoms with van der Waals surface area (Å²) in [5.41, 5.74) is -0.430. The summed E-state index contributed by atoms with van der Waals surface area (Å²) in [6, 6.07) is 5.58. The molecule has 1 aliphatic rings. The van der Waals surface area contributed by atoms with E-state index < -0.39 is 28.0 Å².